The fourth-order valence-electron chi connectivity index (χ4n) is 2.25. The number of aryl methyl sites for hydroxylation is 2. The summed E-state index contributed by atoms with van der Waals surface area (Å²) >= 11 is 0. The van der Waals surface area contributed by atoms with Crippen LogP contribution >= 0.6 is 0 Å². The standard InChI is InChI=1S/C17H16F3NO3/c1-10(22)15-9-14(24-11(15)2)6-7-16(23)21-13-5-3-4-12(8-13)17(18,19)20/h3-5,8-9H,6-7H2,1-2H3,(H,21,23). The fourth-order valence-corrected chi connectivity index (χ4v) is 2.25. The monoisotopic (exact) mass is 339 g/mol. The Morgan fingerprint density at radius 3 is 2.50 bits per heavy atom. The highest BCUT2D eigenvalue weighted by Gasteiger charge is 2.30. The number of benzene rings is 1. The van der Waals surface area contributed by atoms with Crippen molar-refractivity contribution in [1.82, 2.24) is 0 Å². The summed E-state index contributed by atoms with van der Waals surface area (Å²) in [6, 6.07) is 6.01. The Balaban J connectivity index is 1.97. The van der Waals surface area contributed by atoms with E-state index < -0.39 is 17.6 Å². The molecule has 0 aliphatic rings. The molecule has 0 aliphatic heterocycles. The lowest BCUT2D eigenvalue weighted by Crippen LogP contribution is -2.13. The van der Waals surface area contributed by atoms with Gasteiger partial charge in [-0.15, -0.1) is 0 Å². The Bertz CT molecular complexity index is 763. The lowest BCUT2D eigenvalue weighted by molar-refractivity contribution is -0.137. The number of carbonyl (C=O) groups is 2. The zero-order valence-electron chi connectivity index (χ0n) is 13.2. The zero-order chi connectivity index (χ0) is 17.9. The second kappa shape index (κ2) is 6.90. The third-order valence-electron chi connectivity index (χ3n) is 3.42. The van der Waals surface area contributed by atoms with Crippen molar-refractivity contribution in [3.8, 4) is 0 Å². The van der Waals surface area contributed by atoms with E-state index in [4.69, 9.17) is 4.42 Å². The number of hydrogen-bond acceptors (Lipinski definition) is 3. The maximum atomic E-state index is 12.6. The summed E-state index contributed by atoms with van der Waals surface area (Å²) in [6.07, 6.45) is -4.19. The number of rotatable bonds is 5. The summed E-state index contributed by atoms with van der Waals surface area (Å²) < 4.78 is 43.3. The molecule has 0 spiro atoms. The van der Waals surface area contributed by atoms with Crippen molar-refractivity contribution < 1.29 is 27.2 Å². The summed E-state index contributed by atoms with van der Waals surface area (Å²) in [5.74, 6) is 0.399. The minimum Gasteiger partial charge on any atom is -0.466 e. The first kappa shape index (κ1) is 17.8. The van der Waals surface area contributed by atoms with E-state index >= 15 is 0 Å². The Hall–Kier alpha value is -2.57. The summed E-state index contributed by atoms with van der Waals surface area (Å²) in [5, 5.41) is 2.42. The molecule has 0 saturated heterocycles. The van der Waals surface area contributed by atoms with E-state index in [1.54, 1.807) is 13.0 Å². The molecule has 0 aliphatic carbocycles. The molecule has 1 N–H and O–H groups in total. The van der Waals surface area contributed by atoms with Crippen molar-refractivity contribution in [2.75, 3.05) is 5.32 Å². The van der Waals surface area contributed by atoms with E-state index in [2.05, 4.69) is 5.32 Å². The number of amides is 1. The second-order valence-corrected chi connectivity index (χ2v) is 5.37. The van der Waals surface area contributed by atoms with Crippen LogP contribution in [0.1, 0.15) is 40.8 Å². The molecule has 1 aromatic heterocycles. The van der Waals surface area contributed by atoms with Crippen LogP contribution in [-0.4, -0.2) is 11.7 Å². The smallest absolute Gasteiger partial charge is 0.416 e. The first-order valence-electron chi connectivity index (χ1n) is 7.24. The first-order chi connectivity index (χ1) is 11.2. The van der Waals surface area contributed by atoms with Crippen LogP contribution in [0.3, 0.4) is 0 Å². The Kier molecular flexibility index (Phi) is 5.11. The summed E-state index contributed by atoms with van der Waals surface area (Å²) in [7, 11) is 0. The third kappa shape index (κ3) is 4.47. The van der Waals surface area contributed by atoms with Gasteiger partial charge in [-0.2, -0.15) is 13.2 Å². The molecular formula is C17H16F3NO3. The molecule has 0 atom stereocenters. The van der Waals surface area contributed by atoms with Gasteiger partial charge in [-0.25, -0.2) is 0 Å². The van der Waals surface area contributed by atoms with Gasteiger partial charge in [0.2, 0.25) is 5.91 Å². The van der Waals surface area contributed by atoms with Gasteiger partial charge in [0.1, 0.15) is 11.5 Å². The number of ketones is 1. The van der Waals surface area contributed by atoms with Crippen LogP contribution in [0.5, 0.6) is 0 Å². The Labute approximate surface area is 136 Å². The molecule has 0 unspecified atom stereocenters. The van der Waals surface area contributed by atoms with Gasteiger partial charge >= 0.3 is 6.18 Å². The number of furan rings is 1. The molecule has 0 bridgehead atoms. The number of Topliss-reactive ketones (excluding diaryl/α,β-unsaturated/α-hetero) is 1. The third-order valence-corrected chi connectivity index (χ3v) is 3.42. The quantitative estimate of drug-likeness (QED) is 0.823. The molecule has 2 aromatic rings. The molecule has 1 heterocycles. The van der Waals surface area contributed by atoms with Crippen LogP contribution in [0, 0.1) is 6.92 Å². The van der Waals surface area contributed by atoms with Crippen molar-refractivity contribution in [2.45, 2.75) is 32.9 Å². The predicted octanol–water partition coefficient (Wildman–Crippen LogP) is 4.38. The topological polar surface area (TPSA) is 59.3 Å². The summed E-state index contributed by atoms with van der Waals surface area (Å²) in [4.78, 5) is 23.2. The van der Waals surface area contributed by atoms with Gasteiger partial charge < -0.3 is 9.73 Å². The molecule has 24 heavy (non-hydrogen) atoms. The zero-order valence-corrected chi connectivity index (χ0v) is 13.2. The summed E-state index contributed by atoms with van der Waals surface area (Å²) in [5.41, 5.74) is -0.286. The lowest BCUT2D eigenvalue weighted by atomic mass is 10.1. The largest absolute Gasteiger partial charge is 0.466 e. The van der Waals surface area contributed by atoms with Crippen molar-refractivity contribution in [1.29, 1.82) is 0 Å². The van der Waals surface area contributed by atoms with Crippen LogP contribution in [0.4, 0.5) is 18.9 Å². The molecule has 128 valence electrons. The van der Waals surface area contributed by atoms with Crippen LogP contribution in [0.25, 0.3) is 0 Å². The average molecular weight is 339 g/mol. The minimum atomic E-state index is -4.46. The van der Waals surface area contributed by atoms with Gasteiger partial charge in [0.15, 0.2) is 5.78 Å². The van der Waals surface area contributed by atoms with Gasteiger partial charge in [-0.3, -0.25) is 9.59 Å². The van der Waals surface area contributed by atoms with Crippen molar-refractivity contribution >= 4 is 17.4 Å². The molecular weight excluding hydrogens is 323 g/mol. The maximum absolute atomic E-state index is 12.6. The van der Waals surface area contributed by atoms with E-state index in [1.807, 2.05) is 0 Å². The van der Waals surface area contributed by atoms with E-state index in [0.717, 1.165) is 12.1 Å². The molecule has 0 saturated carbocycles. The number of nitrogens with one attached hydrogen (secondary N) is 1. The van der Waals surface area contributed by atoms with Crippen LogP contribution in [0.15, 0.2) is 34.7 Å². The average Bonchev–Trinajstić information content (AvgIpc) is 2.86. The summed E-state index contributed by atoms with van der Waals surface area (Å²) in [6.45, 7) is 3.07. The number of halogens is 3. The highest BCUT2D eigenvalue weighted by Crippen LogP contribution is 2.30. The van der Waals surface area contributed by atoms with Crippen LogP contribution in [-0.2, 0) is 17.4 Å². The maximum Gasteiger partial charge on any atom is 0.416 e. The van der Waals surface area contributed by atoms with Gasteiger partial charge in [-0.05, 0) is 38.1 Å². The van der Waals surface area contributed by atoms with E-state index in [0.29, 0.717) is 17.1 Å². The normalized spacial score (nSPS) is 11.4. The second-order valence-electron chi connectivity index (χ2n) is 5.37. The number of alkyl halides is 3. The molecule has 1 aromatic carbocycles. The molecule has 0 fully saturated rings. The fraction of sp³-hybridized carbons (Fsp3) is 0.294. The Morgan fingerprint density at radius 2 is 1.92 bits per heavy atom. The highest BCUT2D eigenvalue weighted by atomic mass is 19.4. The Morgan fingerprint density at radius 1 is 1.21 bits per heavy atom. The molecule has 1 amide bonds. The molecule has 0 radical (unpaired) electrons. The van der Waals surface area contributed by atoms with E-state index in [1.165, 1.54) is 19.1 Å². The lowest BCUT2D eigenvalue weighted by Gasteiger charge is -2.09. The predicted molar refractivity (Wildman–Crippen MR) is 81.8 cm³/mol. The van der Waals surface area contributed by atoms with E-state index in [-0.39, 0.29) is 24.3 Å². The van der Waals surface area contributed by atoms with Crippen molar-refractivity contribution in [2.24, 2.45) is 0 Å². The SMILES string of the molecule is CC(=O)c1cc(CCC(=O)Nc2cccc(C(F)(F)F)c2)oc1C. The van der Waals surface area contributed by atoms with Gasteiger partial charge in [0.05, 0.1) is 11.1 Å². The molecule has 4 nitrogen and oxygen atoms in total. The van der Waals surface area contributed by atoms with Gasteiger partial charge in [0.25, 0.3) is 0 Å². The van der Waals surface area contributed by atoms with Gasteiger partial charge in [0, 0.05) is 18.5 Å². The number of hydrogen-bond donors (Lipinski definition) is 1. The van der Waals surface area contributed by atoms with E-state index in [9.17, 15) is 22.8 Å². The first-order valence-corrected chi connectivity index (χ1v) is 7.24. The minimum absolute atomic E-state index is 0.0283. The highest BCUT2D eigenvalue weighted by molar-refractivity contribution is 5.95. The molecule has 2 rings (SSSR count). The van der Waals surface area contributed by atoms with Crippen LogP contribution < -0.4 is 5.32 Å². The van der Waals surface area contributed by atoms with Crippen LogP contribution in [0.2, 0.25) is 0 Å². The van der Waals surface area contributed by atoms with Crippen molar-refractivity contribution in [3.05, 3.63) is 53.0 Å². The molecule has 7 heteroatoms. The number of anilines is 1. The number of carbonyl (C=O) groups excluding carboxylic acids is 2. The van der Waals surface area contributed by atoms with Crippen molar-refractivity contribution in [3.63, 3.8) is 0 Å². The van der Waals surface area contributed by atoms with Gasteiger partial charge in [-0.1, -0.05) is 6.07 Å².